The van der Waals surface area contributed by atoms with E-state index in [4.69, 9.17) is 4.42 Å². The van der Waals surface area contributed by atoms with Crippen molar-refractivity contribution < 1.29 is 4.42 Å². The number of furan rings is 1. The minimum absolute atomic E-state index is 0.904. The maximum Gasteiger partial charge on any atom is 0.136 e. The summed E-state index contributed by atoms with van der Waals surface area (Å²) in [7, 11) is 0. The smallest absolute Gasteiger partial charge is 0.136 e. The van der Waals surface area contributed by atoms with Gasteiger partial charge in [-0.2, -0.15) is 0 Å². The van der Waals surface area contributed by atoms with Gasteiger partial charge in [0.2, 0.25) is 0 Å². The molecule has 8 aromatic carbocycles. The van der Waals surface area contributed by atoms with E-state index in [0.717, 1.165) is 55.8 Å². The maximum absolute atomic E-state index is 6.21. The van der Waals surface area contributed by atoms with Crippen LogP contribution in [0.1, 0.15) is 0 Å². The van der Waals surface area contributed by atoms with Crippen LogP contribution in [0.15, 0.2) is 199 Å². The van der Waals surface area contributed by atoms with Crippen LogP contribution < -0.4 is 4.90 Å². The largest absolute Gasteiger partial charge is 0.456 e. The third-order valence-electron chi connectivity index (χ3n) is 9.99. The van der Waals surface area contributed by atoms with E-state index in [9.17, 15) is 0 Å². The Hall–Kier alpha value is -6.84. The van der Waals surface area contributed by atoms with Gasteiger partial charge in [0.05, 0.1) is 11.0 Å². The molecule has 3 heteroatoms. The van der Waals surface area contributed by atoms with Crippen molar-refractivity contribution in [3.63, 3.8) is 0 Å². The molecule has 0 atom stereocenters. The molecule has 10 aromatic rings. The Kier molecular flexibility index (Phi) is 6.81. The monoisotopic (exact) mass is 652 g/mol. The zero-order valence-corrected chi connectivity index (χ0v) is 27.8. The zero-order chi connectivity index (χ0) is 33.7. The van der Waals surface area contributed by atoms with E-state index in [0.29, 0.717) is 0 Å². The van der Waals surface area contributed by atoms with Gasteiger partial charge in [0.25, 0.3) is 0 Å². The number of aromatic nitrogens is 1. The Bertz CT molecular complexity index is 2830. The average Bonchev–Trinajstić information content (AvgIpc) is 3.75. The maximum atomic E-state index is 6.21. The zero-order valence-electron chi connectivity index (χ0n) is 27.8. The lowest BCUT2D eigenvalue weighted by Crippen LogP contribution is -2.10. The van der Waals surface area contributed by atoms with Crippen molar-refractivity contribution in [3.05, 3.63) is 194 Å². The number of nitrogens with zero attached hydrogens (tertiary/aromatic N) is 2. The van der Waals surface area contributed by atoms with Gasteiger partial charge in [-0.25, -0.2) is 0 Å². The van der Waals surface area contributed by atoms with E-state index in [-0.39, 0.29) is 0 Å². The molecule has 10 rings (SSSR count). The van der Waals surface area contributed by atoms with Crippen molar-refractivity contribution in [2.45, 2.75) is 0 Å². The summed E-state index contributed by atoms with van der Waals surface area (Å²) in [6.45, 7) is 0. The van der Waals surface area contributed by atoms with E-state index in [1.54, 1.807) is 0 Å². The molecule has 0 bridgehead atoms. The van der Waals surface area contributed by atoms with Crippen molar-refractivity contribution in [2.24, 2.45) is 0 Å². The molecule has 0 spiro atoms. The second-order valence-corrected chi connectivity index (χ2v) is 12.9. The van der Waals surface area contributed by atoms with Gasteiger partial charge >= 0.3 is 0 Å². The molecular formula is C48H32N2O. The molecule has 0 saturated heterocycles. The van der Waals surface area contributed by atoms with Gasteiger partial charge in [0.15, 0.2) is 0 Å². The lowest BCUT2D eigenvalue weighted by Gasteiger charge is -2.26. The van der Waals surface area contributed by atoms with Crippen LogP contribution in [0, 0.1) is 0 Å². The summed E-state index contributed by atoms with van der Waals surface area (Å²) < 4.78 is 8.62. The van der Waals surface area contributed by atoms with E-state index in [2.05, 4.69) is 191 Å². The highest BCUT2D eigenvalue weighted by Gasteiger charge is 2.20. The Morgan fingerprint density at radius 2 is 0.961 bits per heavy atom. The molecule has 0 radical (unpaired) electrons. The standard InChI is InChI=1S/C48H32N2O/c1-4-14-33(15-5-1)39-21-12-23-43-47(39)41-31-30-38(32-44(41)50(43)36-18-8-3-9-19-36)49(35-16-6-2-7-17-35)37-28-26-34(27-29-37)40-22-13-25-46-48(40)42-20-10-11-24-45(42)51-46/h1-32H. The summed E-state index contributed by atoms with van der Waals surface area (Å²) in [6, 6.07) is 69.1. The highest BCUT2D eigenvalue weighted by Crippen LogP contribution is 2.43. The lowest BCUT2D eigenvalue weighted by molar-refractivity contribution is 0.669. The number of fused-ring (bicyclic) bond motifs is 6. The predicted octanol–water partition coefficient (Wildman–Crippen LogP) is 13.5. The lowest BCUT2D eigenvalue weighted by atomic mass is 9.98. The molecule has 0 aliphatic carbocycles. The Labute approximate surface area is 295 Å². The number of rotatable bonds is 6. The third kappa shape index (κ3) is 4.82. The van der Waals surface area contributed by atoms with Gasteiger partial charge in [0, 0.05) is 44.3 Å². The van der Waals surface area contributed by atoms with Crippen LogP contribution in [0.5, 0.6) is 0 Å². The van der Waals surface area contributed by atoms with Gasteiger partial charge in [-0.15, -0.1) is 0 Å². The molecule has 0 N–H and O–H groups in total. The fourth-order valence-corrected chi connectivity index (χ4v) is 7.74. The van der Waals surface area contributed by atoms with Crippen LogP contribution in [0.2, 0.25) is 0 Å². The summed E-state index contributed by atoms with van der Waals surface area (Å²) in [5, 5.41) is 4.76. The molecule has 240 valence electrons. The third-order valence-corrected chi connectivity index (χ3v) is 9.99. The molecule has 2 aromatic heterocycles. The first-order valence-electron chi connectivity index (χ1n) is 17.4. The molecule has 3 nitrogen and oxygen atoms in total. The fourth-order valence-electron chi connectivity index (χ4n) is 7.74. The number of benzene rings is 8. The van der Waals surface area contributed by atoms with Crippen molar-refractivity contribution in [1.29, 1.82) is 0 Å². The second kappa shape index (κ2) is 11.9. The van der Waals surface area contributed by atoms with Crippen LogP contribution in [0.3, 0.4) is 0 Å². The first-order chi connectivity index (χ1) is 25.3. The first-order valence-corrected chi connectivity index (χ1v) is 17.4. The number of anilines is 3. The van der Waals surface area contributed by atoms with Crippen molar-refractivity contribution in [1.82, 2.24) is 4.57 Å². The topological polar surface area (TPSA) is 21.3 Å². The number of para-hydroxylation sites is 3. The SMILES string of the molecule is c1ccc(-c2cccc3c2c2ccc(N(c4ccccc4)c4ccc(-c5cccc6oc7ccccc7c56)cc4)cc2n3-c2ccccc2)cc1. The molecule has 0 unspecified atom stereocenters. The van der Waals surface area contributed by atoms with Crippen LogP contribution in [0.25, 0.3) is 71.7 Å². The summed E-state index contributed by atoms with van der Waals surface area (Å²) >= 11 is 0. The number of hydrogen-bond acceptors (Lipinski definition) is 2. The molecule has 0 saturated carbocycles. The minimum atomic E-state index is 0.904. The summed E-state index contributed by atoms with van der Waals surface area (Å²) in [4.78, 5) is 2.35. The molecule has 51 heavy (non-hydrogen) atoms. The normalized spacial score (nSPS) is 11.5. The molecule has 0 aliphatic rings. The highest BCUT2D eigenvalue weighted by atomic mass is 16.3. The van der Waals surface area contributed by atoms with E-state index in [1.807, 2.05) is 12.1 Å². The van der Waals surface area contributed by atoms with E-state index >= 15 is 0 Å². The Morgan fingerprint density at radius 3 is 1.75 bits per heavy atom. The quantitative estimate of drug-likeness (QED) is 0.178. The van der Waals surface area contributed by atoms with Gasteiger partial charge in [0.1, 0.15) is 11.2 Å². The van der Waals surface area contributed by atoms with Gasteiger partial charge in [-0.1, -0.05) is 127 Å². The van der Waals surface area contributed by atoms with Crippen LogP contribution in [-0.2, 0) is 0 Å². The van der Waals surface area contributed by atoms with Crippen LogP contribution in [-0.4, -0.2) is 4.57 Å². The molecular weight excluding hydrogens is 621 g/mol. The van der Waals surface area contributed by atoms with E-state index < -0.39 is 0 Å². The second-order valence-electron chi connectivity index (χ2n) is 12.9. The summed E-state index contributed by atoms with van der Waals surface area (Å²) in [6.07, 6.45) is 0. The Morgan fingerprint density at radius 1 is 0.373 bits per heavy atom. The molecule has 2 heterocycles. The molecule has 0 fully saturated rings. The fraction of sp³-hybridized carbons (Fsp3) is 0. The van der Waals surface area contributed by atoms with Gasteiger partial charge < -0.3 is 13.9 Å². The first kappa shape index (κ1) is 29.1. The average molecular weight is 653 g/mol. The molecule has 0 aliphatic heterocycles. The minimum Gasteiger partial charge on any atom is -0.456 e. The number of hydrogen-bond donors (Lipinski definition) is 0. The van der Waals surface area contributed by atoms with Crippen molar-refractivity contribution in [3.8, 4) is 27.9 Å². The summed E-state index contributed by atoms with van der Waals surface area (Å²) in [5.74, 6) is 0. The Balaban J connectivity index is 1.16. The molecule has 0 amide bonds. The van der Waals surface area contributed by atoms with Gasteiger partial charge in [-0.05, 0) is 89.0 Å². The van der Waals surface area contributed by atoms with Crippen LogP contribution in [0.4, 0.5) is 17.1 Å². The van der Waals surface area contributed by atoms with E-state index in [1.165, 1.54) is 33.0 Å². The summed E-state index contributed by atoms with van der Waals surface area (Å²) in [5.41, 5.74) is 13.3. The van der Waals surface area contributed by atoms with Crippen molar-refractivity contribution >= 4 is 60.8 Å². The predicted molar refractivity (Wildman–Crippen MR) is 214 cm³/mol. The van der Waals surface area contributed by atoms with Crippen LogP contribution >= 0.6 is 0 Å². The van der Waals surface area contributed by atoms with Gasteiger partial charge in [-0.3, -0.25) is 0 Å². The van der Waals surface area contributed by atoms with Crippen molar-refractivity contribution in [2.75, 3.05) is 4.90 Å². The highest BCUT2D eigenvalue weighted by molar-refractivity contribution is 6.16.